The molecule has 2 aromatic carbocycles. The minimum absolute atomic E-state index is 0.165. The van der Waals surface area contributed by atoms with E-state index in [1.807, 2.05) is 0 Å². The lowest BCUT2D eigenvalue weighted by molar-refractivity contribution is -0.134. The third kappa shape index (κ3) is 8.73. The van der Waals surface area contributed by atoms with Gasteiger partial charge in [0.25, 0.3) is 0 Å². The normalized spacial score (nSPS) is 11.0. The zero-order chi connectivity index (χ0) is 21.8. The van der Waals surface area contributed by atoms with E-state index in [2.05, 4.69) is 6.92 Å². The van der Waals surface area contributed by atoms with Gasteiger partial charge in [-0.05, 0) is 60.5 Å². The van der Waals surface area contributed by atoms with E-state index < -0.39 is 0 Å². The van der Waals surface area contributed by atoms with Crippen LogP contribution in [0.1, 0.15) is 74.2 Å². The Bertz CT molecular complexity index is 857. The molecule has 0 saturated heterocycles. The summed E-state index contributed by atoms with van der Waals surface area (Å²) < 4.78 is 5.35. The van der Waals surface area contributed by atoms with Crippen LogP contribution >= 0.6 is 23.2 Å². The zero-order valence-corrected chi connectivity index (χ0v) is 18.8. The second kappa shape index (κ2) is 13.3. The van der Waals surface area contributed by atoms with Crippen LogP contribution in [0.15, 0.2) is 48.5 Å². The molecule has 0 N–H and O–H groups in total. The lowest BCUT2D eigenvalue weighted by Gasteiger charge is -2.05. The monoisotopic (exact) mass is 446 g/mol. The summed E-state index contributed by atoms with van der Waals surface area (Å²) in [6, 6.07) is 11.7. The van der Waals surface area contributed by atoms with Gasteiger partial charge in [0, 0.05) is 22.0 Å². The molecule has 0 unspecified atom stereocenters. The number of unbranched alkanes of at least 4 members (excludes halogenated alkanes) is 6. The van der Waals surface area contributed by atoms with E-state index in [9.17, 15) is 9.59 Å². The van der Waals surface area contributed by atoms with Gasteiger partial charge in [0.2, 0.25) is 0 Å². The molecule has 0 heterocycles. The summed E-state index contributed by atoms with van der Waals surface area (Å²) in [5, 5.41) is 1.02. The maximum absolute atomic E-state index is 12.3. The molecule has 0 aliphatic rings. The number of rotatable bonds is 12. The van der Waals surface area contributed by atoms with E-state index in [1.54, 1.807) is 48.5 Å². The fourth-order valence-corrected chi connectivity index (χ4v) is 3.47. The van der Waals surface area contributed by atoms with E-state index in [0.29, 0.717) is 33.3 Å². The van der Waals surface area contributed by atoms with Gasteiger partial charge in [-0.15, -0.1) is 0 Å². The van der Waals surface area contributed by atoms with Crippen LogP contribution < -0.4 is 4.74 Å². The Morgan fingerprint density at radius 2 is 1.57 bits per heavy atom. The Hall–Kier alpha value is -2.10. The number of carbonyl (C=O) groups excluding carboxylic acids is 2. The predicted molar refractivity (Wildman–Crippen MR) is 125 cm³/mol. The summed E-state index contributed by atoms with van der Waals surface area (Å²) >= 11 is 12.0. The lowest BCUT2D eigenvalue weighted by atomic mass is 10.1. The largest absolute Gasteiger partial charge is 0.427 e. The number of hydrogen-bond acceptors (Lipinski definition) is 3. The van der Waals surface area contributed by atoms with Crippen molar-refractivity contribution in [2.45, 2.75) is 58.3 Å². The summed E-state index contributed by atoms with van der Waals surface area (Å²) in [6.07, 6.45) is 11.6. The molecule has 5 heteroatoms. The molecule has 0 fully saturated rings. The van der Waals surface area contributed by atoms with Crippen molar-refractivity contribution in [3.63, 3.8) is 0 Å². The predicted octanol–water partition coefficient (Wildman–Crippen LogP) is 7.94. The van der Waals surface area contributed by atoms with Gasteiger partial charge < -0.3 is 4.74 Å². The van der Waals surface area contributed by atoms with Crippen LogP contribution in [0.3, 0.4) is 0 Å². The molecule has 0 aliphatic carbocycles. The smallest absolute Gasteiger partial charge is 0.311 e. The van der Waals surface area contributed by atoms with Crippen molar-refractivity contribution in [3.8, 4) is 5.75 Å². The van der Waals surface area contributed by atoms with Crippen molar-refractivity contribution in [3.05, 3.63) is 69.7 Å². The maximum Gasteiger partial charge on any atom is 0.311 e. The van der Waals surface area contributed by atoms with Gasteiger partial charge in [0.1, 0.15) is 5.75 Å². The van der Waals surface area contributed by atoms with Crippen molar-refractivity contribution in [2.75, 3.05) is 0 Å². The third-order valence-corrected chi connectivity index (χ3v) is 5.29. The Morgan fingerprint density at radius 1 is 0.900 bits per heavy atom. The van der Waals surface area contributed by atoms with Crippen molar-refractivity contribution < 1.29 is 14.3 Å². The first kappa shape index (κ1) is 24.2. The molecule has 0 amide bonds. The average Bonchev–Trinajstić information content (AvgIpc) is 2.73. The van der Waals surface area contributed by atoms with Crippen LogP contribution in [0.25, 0.3) is 6.08 Å². The topological polar surface area (TPSA) is 43.4 Å². The first-order valence-electron chi connectivity index (χ1n) is 10.5. The summed E-state index contributed by atoms with van der Waals surface area (Å²) in [6.45, 7) is 2.20. The van der Waals surface area contributed by atoms with E-state index in [1.165, 1.54) is 38.2 Å². The van der Waals surface area contributed by atoms with E-state index >= 15 is 0 Å². The number of ether oxygens (including phenoxy) is 1. The SMILES string of the molecule is CCCCCCCCCC(=O)Oc1ccc(C(=O)C=Cc2ccc(Cl)cc2Cl)cc1. The molecule has 3 nitrogen and oxygen atoms in total. The highest BCUT2D eigenvalue weighted by molar-refractivity contribution is 6.35. The van der Waals surface area contributed by atoms with Crippen LogP contribution in [-0.2, 0) is 4.79 Å². The average molecular weight is 447 g/mol. The third-order valence-electron chi connectivity index (χ3n) is 4.73. The Balaban J connectivity index is 1.77. The van der Waals surface area contributed by atoms with Gasteiger partial charge in [-0.25, -0.2) is 0 Å². The van der Waals surface area contributed by atoms with E-state index in [0.717, 1.165) is 12.8 Å². The zero-order valence-electron chi connectivity index (χ0n) is 17.3. The highest BCUT2D eigenvalue weighted by Gasteiger charge is 2.07. The quantitative estimate of drug-likeness (QED) is 0.109. The number of esters is 1. The van der Waals surface area contributed by atoms with Crippen LogP contribution in [0.4, 0.5) is 0 Å². The van der Waals surface area contributed by atoms with Gasteiger partial charge in [0.05, 0.1) is 0 Å². The molecule has 0 radical (unpaired) electrons. The standard InChI is InChI=1S/C25H28Cl2O3/c1-2-3-4-5-6-7-8-9-25(29)30-22-15-11-20(12-16-22)24(28)17-13-19-10-14-21(26)18-23(19)27/h10-18H,2-9H2,1H3. The number of hydrogen-bond donors (Lipinski definition) is 0. The van der Waals surface area contributed by atoms with Crippen molar-refractivity contribution in [2.24, 2.45) is 0 Å². The van der Waals surface area contributed by atoms with Gasteiger partial charge >= 0.3 is 5.97 Å². The highest BCUT2D eigenvalue weighted by Crippen LogP contribution is 2.22. The molecule has 0 saturated carbocycles. The van der Waals surface area contributed by atoms with Crippen LogP contribution in [0, 0.1) is 0 Å². The fraction of sp³-hybridized carbons (Fsp3) is 0.360. The number of ketones is 1. The van der Waals surface area contributed by atoms with Gasteiger partial charge in [0.15, 0.2) is 5.78 Å². The molecule has 0 atom stereocenters. The fourth-order valence-electron chi connectivity index (χ4n) is 2.99. The summed E-state index contributed by atoms with van der Waals surface area (Å²) in [4.78, 5) is 24.3. The van der Waals surface area contributed by atoms with E-state index in [4.69, 9.17) is 27.9 Å². The molecule has 2 aromatic rings. The molecular formula is C25H28Cl2O3. The molecule has 0 aliphatic heterocycles. The summed E-state index contributed by atoms with van der Waals surface area (Å²) in [5.74, 6) is 0.0473. The molecule has 0 aromatic heterocycles. The number of carbonyl (C=O) groups is 2. The van der Waals surface area contributed by atoms with Crippen molar-refractivity contribution in [1.82, 2.24) is 0 Å². The summed E-state index contributed by atoms with van der Waals surface area (Å²) in [5.41, 5.74) is 1.22. The lowest BCUT2D eigenvalue weighted by Crippen LogP contribution is -2.07. The molecule has 160 valence electrons. The Kier molecular flexibility index (Phi) is 10.7. The minimum Gasteiger partial charge on any atom is -0.427 e. The van der Waals surface area contributed by atoms with Crippen molar-refractivity contribution >= 4 is 41.0 Å². The molecule has 0 spiro atoms. The van der Waals surface area contributed by atoms with Gasteiger partial charge in [-0.3, -0.25) is 9.59 Å². The van der Waals surface area contributed by atoms with Gasteiger partial charge in [-0.1, -0.05) is 74.7 Å². The molecular weight excluding hydrogens is 419 g/mol. The molecule has 0 bridgehead atoms. The van der Waals surface area contributed by atoms with E-state index in [-0.39, 0.29) is 11.8 Å². The van der Waals surface area contributed by atoms with Crippen molar-refractivity contribution in [1.29, 1.82) is 0 Å². The molecule has 30 heavy (non-hydrogen) atoms. The first-order chi connectivity index (χ1) is 14.5. The minimum atomic E-state index is -0.236. The second-order valence-electron chi connectivity index (χ2n) is 7.23. The number of benzene rings is 2. The van der Waals surface area contributed by atoms with Gasteiger partial charge in [-0.2, -0.15) is 0 Å². The van der Waals surface area contributed by atoms with Crippen LogP contribution in [0.2, 0.25) is 10.0 Å². The highest BCUT2D eigenvalue weighted by atomic mass is 35.5. The Morgan fingerprint density at radius 3 is 2.23 bits per heavy atom. The number of halogens is 2. The van der Waals surface area contributed by atoms with Crippen LogP contribution in [-0.4, -0.2) is 11.8 Å². The number of allylic oxidation sites excluding steroid dienone is 1. The Labute approximate surface area is 189 Å². The first-order valence-corrected chi connectivity index (χ1v) is 11.2. The molecule has 2 rings (SSSR count). The van der Waals surface area contributed by atoms with Crippen LogP contribution in [0.5, 0.6) is 5.75 Å². The summed E-state index contributed by atoms with van der Waals surface area (Å²) in [7, 11) is 0. The maximum atomic E-state index is 12.3. The second-order valence-corrected chi connectivity index (χ2v) is 8.08.